The van der Waals surface area contributed by atoms with E-state index in [1.807, 2.05) is 25.1 Å². The van der Waals surface area contributed by atoms with Gasteiger partial charge in [0.15, 0.2) is 0 Å². The van der Waals surface area contributed by atoms with Crippen molar-refractivity contribution >= 4 is 24.1 Å². The zero-order chi connectivity index (χ0) is 12.1. The number of hydrogen-bond acceptors (Lipinski definition) is 3. The molecule has 1 heterocycles. The summed E-state index contributed by atoms with van der Waals surface area (Å²) in [4.78, 5) is 11.4. The van der Waals surface area contributed by atoms with Gasteiger partial charge in [-0.05, 0) is 25.1 Å². The second-order valence-electron chi connectivity index (χ2n) is 3.83. The molecular formula is C12H18ClN3O2. The predicted molar refractivity (Wildman–Crippen MR) is 73.6 cm³/mol. The maximum absolute atomic E-state index is 11.4. The lowest BCUT2D eigenvalue weighted by atomic mass is 10.2. The Bertz CT molecular complexity index is 412. The average molecular weight is 272 g/mol. The van der Waals surface area contributed by atoms with E-state index in [4.69, 9.17) is 4.74 Å². The SMILES string of the molecule is CCNC(=O)Nc1ccc2c(c1)CNCCO2.Cl. The zero-order valence-electron chi connectivity index (χ0n) is 10.3. The van der Waals surface area contributed by atoms with E-state index in [0.29, 0.717) is 13.2 Å². The van der Waals surface area contributed by atoms with Crippen LogP contribution < -0.4 is 20.7 Å². The quantitative estimate of drug-likeness (QED) is 0.768. The summed E-state index contributed by atoms with van der Waals surface area (Å²) >= 11 is 0. The highest BCUT2D eigenvalue weighted by Gasteiger charge is 2.09. The molecule has 1 aliphatic heterocycles. The number of fused-ring (bicyclic) bond motifs is 1. The Hall–Kier alpha value is -1.46. The second kappa shape index (κ2) is 7.08. The van der Waals surface area contributed by atoms with Crippen LogP contribution in [0.25, 0.3) is 0 Å². The van der Waals surface area contributed by atoms with Crippen molar-refractivity contribution in [3.8, 4) is 5.75 Å². The van der Waals surface area contributed by atoms with Gasteiger partial charge in [-0.3, -0.25) is 0 Å². The summed E-state index contributed by atoms with van der Waals surface area (Å²) in [6, 6.07) is 5.49. The molecule has 1 aliphatic rings. The van der Waals surface area contributed by atoms with Crippen molar-refractivity contribution in [3.05, 3.63) is 23.8 Å². The van der Waals surface area contributed by atoms with Crippen molar-refractivity contribution in [3.63, 3.8) is 0 Å². The van der Waals surface area contributed by atoms with Crippen molar-refractivity contribution in [1.29, 1.82) is 0 Å². The number of urea groups is 1. The highest BCUT2D eigenvalue weighted by molar-refractivity contribution is 5.89. The molecule has 100 valence electrons. The summed E-state index contributed by atoms with van der Waals surface area (Å²) in [6.45, 7) is 4.78. The van der Waals surface area contributed by atoms with Crippen molar-refractivity contribution < 1.29 is 9.53 Å². The number of anilines is 1. The zero-order valence-corrected chi connectivity index (χ0v) is 11.1. The lowest BCUT2D eigenvalue weighted by molar-refractivity contribution is 0.252. The van der Waals surface area contributed by atoms with Gasteiger partial charge in [0.25, 0.3) is 0 Å². The molecule has 3 N–H and O–H groups in total. The summed E-state index contributed by atoms with van der Waals surface area (Å²) in [6.07, 6.45) is 0. The summed E-state index contributed by atoms with van der Waals surface area (Å²) in [5, 5.41) is 8.73. The van der Waals surface area contributed by atoms with Crippen LogP contribution in [0.3, 0.4) is 0 Å². The minimum absolute atomic E-state index is 0. The summed E-state index contributed by atoms with van der Waals surface area (Å²) in [5.41, 5.74) is 1.85. The molecule has 2 rings (SSSR count). The number of benzene rings is 1. The topological polar surface area (TPSA) is 62.4 Å². The van der Waals surface area contributed by atoms with Crippen LogP contribution in [-0.2, 0) is 6.54 Å². The van der Waals surface area contributed by atoms with Crippen molar-refractivity contribution in [2.75, 3.05) is 25.0 Å². The fraction of sp³-hybridized carbons (Fsp3) is 0.417. The minimum Gasteiger partial charge on any atom is -0.492 e. The van der Waals surface area contributed by atoms with E-state index >= 15 is 0 Å². The highest BCUT2D eigenvalue weighted by Crippen LogP contribution is 2.23. The largest absolute Gasteiger partial charge is 0.492 e. The molecule has 18 heavy (non-hydrogen) atoms. The number of amides is 2. The molecule has 0 saturated carbocycles. The minimum atomic E-state index is -0.185. The monoisotopic (exact) mass is 271 g/mol. The fourth-order valence-corrected chi connectivity index (χ4v) is 1.73. The van der Waals surface area contributed by atoms with Crippen LogP contribution in [0.4, 0.5) is 10.5 Å². The number of halogens is 1. The molecule has 0 radical (unpaired) electrons. The Morgan fingerprint density at radius 3 is 3.11 bits per heavy atom. The summed E-state index contributed by atoms with van der Waals surface area (Å²) in [7, 11) is 0. The molecule has 0 saturated heterocycles. The van der Waals surface area contributed by atoms with Gasteiger partial charge in [0, 0.05) is 30.9 Å². The Kier molecular flexibility index (Phi) is 5.74. The number of carbonyl (C=O) groups is 1. The maximum Gasteiger partial charge on any atom is 0.319 e. The number of rotatable bonds is 2. The van der Waals surface area contributed by atoms with E-state index in [2.05, 4.69) is 16.0 Å². The molecule has 0 bridgehead atoms. The van der Waals surface area contributed by atoms with E-state index in [9.17, 15) is 4.79 Å². The molecule has 2 amide bonds. The third-order valence-electron chi connectivity index (χ3n) is 2.51. The molecule has 0 aliphatic carbocycles. The van der Waals surface area contributed by atoms with Gasteiger partial charge in [-0.2, -0.15) is 0 Å². The van der Waals surface area contributed by atoms with Crippen LogP contribution in [0.5, 0.6) is 5.75 Å². The van der Waals surface area contributed by atoms with E-state index in [1.54, 1.807) is 0 Å². The number of ether oxygens (including phenoxy) is 1. The van der Waals surface area contributed by atoms with Gasteiger partial charge in [0.2, 0.25) is 0 Å². The Morgan fingerprint density at radius 2 is 2.33 bits per heavy atom. The third-order valence-corrected chi connectivity index (χ3v) is 2.51. The van der Waals surface area contributed by atoms with Crippen LogP contribution in [-0.4, -0.2) is 25.7 Å². The fourth-order valence-electron chi connectivity index (χ4n) is 1.73. The van der Waals surface area contributed by atoms with E-state index in [0.717, 1.165) is 30.1 Å². The first-order chi connectivity index (χ1) is 8.29. The van der Waals surface area contributed by atoms with Crippen LogP contribution in [0, 0.1) is 0 Å². The molecule has 1 aromatic carbocycles. The van der Waals surface area contributed by atoms with Crippen LogP contribution in [0.1, 0.15) is 12.5 Å². The Labute approximate surface area is 113 Å². The predicted octanol–water partition coefficient (Wildman–Crippen LogP) is 1.73. The van der Waals surface area contributed by atoms with E-state index in [-0.39, 0.29) is 18.4 Å². The average Bonchev–Trinajstić information content (AvgIpc) is 2.53. The standard InChI is InChI=1S/C12H17N3O2.ClH/c1-2-14-12(16)15-10-3-4-11-9(7-10)8-13-5-6-17-11;/h3-4,7,13H,2,5-6,8H2,1H3,(H2,14,15,16);1H. The lowest BCUT2D eigenvalue weighted by Gasteiger charge is -2.10. The second-order valence-corrected chi connectivity index (χ2v) is 3.83. The molecule has 6 heteroatoms. The number of carbonyl (C=O) groups excluding carboxylic acids is 1. The first-order valence-electron chi connectivity index (χ1n) is 5.81. The van der Waals surface area contributed by atoms with Gasteiger partial charge >= 0.3 is 6.03 Å². The smallest absolute Gasteiger partial charge is 0.319 e. The van der Waals surface area contributed by atoms with Gasteiger partial charge < -0.3 is 20.7 Å². The Morgan fingerprint density at radius 1 is 1.50 bits per heavy atom. The van der Waals surface area contributed by atoms with Crippen molar-refractivity contribution in [2.24, 2.45) is 0 Å². The van der Waals surface area contributed by atoms with Crippen molar-refractivity contribution in [1.82, 2.24) is 10.6 Å². The molecule has 0 spiro atoms. The molecule has 0 atom stereocenters. The summed E-state index contributed by atoms with van der Waals surface area (Å²) in [5.74, 6) is 0.886. The van der Waals surface area contributed by atoms with Crippen LogP contribution in [0.2, 0.25) is 0 Å². The van der Waals surface area contributed by atoms with Crippen LogP contribution in [0.15, 0.2) is 18.2 Å². The molecule has 5 nitrogen and oxygen atoms in total. The molecular weight excluding hydrogens is 254 g/mol. The third kappa shape index (κ3) is 3.78. The van der Waals surface area contributed by atoms with Gasteiger partial charge in [-0.15, -0.1) is 12.4 Å². The van der Waals surface area contributed by atoms with Gasteiger partial charge in [0.05, 0.1) is 0 Å². The first kappa shape index (κ1) is 14.6. The van der Waals surface area contributed by atoms with Gasteiger partial charge in [-0.1, -0.05) is 0 Å². The highest BCUT2D eigenvalue weighted by atomic mass is 35.5. The van der Waals surface area contributed by atoms with Gasteiger partial charge in [0.1, 0.15) is 12.4 Å². The molecule has 0 aromatic heterocycles. The summed E-state index contributed by atoms with van der Waals surface area (Å²) < 4.78 is 5.57. The van der Waals surface area contributed by atoms with E-state index < -0.39 is 0 Å². The molecule has 1 aromatic rings. The molecule has 0 unspecified atom stereocenters. The number of nitrogens with one attached hydrogen (secondary N) is 3. The lowest BCUT2D eigenvalue weighted by Crippen LogP contribution is -2.28. The normalized spacial score (nSPS) is 13.4. The molecule has 0 fully saturated rings. The van der Waals surface area contributed by atoms with Crippen molar-refractivity contribution in [2.45, 2.75) is 13.5 Å². The van der Waals surface area contributed by atoms with E-state index in [1.165, 1.54) is 0 Å². The number of hydrogen-bond donors (Lipinski definition) is 3. The van der Waals surface area contributed by atoms with Gasteiger partial charge in [-0.25, -0.2) is 4.79 Å². The first-order valence-corrected chi connectivity index (χ1v) is 5.81. The maximum atomic E-state index is 11.4. The Balaban J connectivity index is 0.00000162. The van der Waals surface area contributed by atoms with Crippen LogP contribution >= 0.6 is 12.4 Å².